The maximum absolute atomic E-state index is 13.4. The van der Waals surface area contributed by atoms with Gasteiger partial charge in [0.15, 0.2) is 0 Å². The van der Waals surface area contributed by atoms with Crippen molar-refractivity contribution in [3.05, 3.63) is 93.5 Å². The molecular formula is C33H35ClF3N5O5. The van der Waals surface area contributed by atoms with Crippen molar-refractivity contribution >= 4 is 46.9 Å². The lowest BCUT2D eigenvalue weighted by atomic mass is 10.1. The Bertz CT molecular complexity index is 1640. The van der Waals surface area contributed by atoms with Gasteiger partial charge in [0.1, 0.15) is 0 Å². The van der Waals surface area contributed by atoms with Gasteiger partial charge in [-0.15, -0.1) is 0 Å². The summed E-state index contributed by atoms with van der Waals surface area (Å²) in [6.07, 6.45) is -3.91. The minimum atomic E-state index is -4.68. The SMILES string of the molecule is CC(O)CN(Cc1cccc(C(=O)Nc2ccc(N3CCCC3=O)cc2C(=O)N/N=C/c2ccc(Cl)c(C(F)(F)F)c2)c1)CC(C)O. The van der Waals surface area contributed by atoms with E-state index in [-0.39, 0.29) is 28.3 Å². The van der Waals surface area contributed by atoms with Gasteiger partial charge in [-0.3, -0.25) is 19.3 Å². The van der Waals surface area contributed by atoms with Crippen LogP contribution >= 0.6 is 11.6 Å². The van der Waals surface area contributed by atoms with E-state index in [1.165, 1.54) is 23.1 Å². The summed E-state index contributed by atoms with van der Waals surface area (Å²) in [5.41, 5.74) is 2.81. The number of carbonyl (C=O) groups is 3. The summed E-state index contributed by atoms with van der Waals surface area (Å²) in [4.78, 5) is 42.5. The molecule has 0 spiro atoms. The van der Waals surface area contributed by atoms with Crippen molar-refractivity contribution < 1.29 is 37.8 Å². The Labute approximate surface area is 274 Å². The molecule has 2 unspecified atom stereocenters. The van der Waals surface area contributed by atoms with Crippen LogP contribution in [-0.4, -0.2) is 70.9 Å². The number of alkyl halides is 3. The Morgan fingerprint density at radius 1 is 1.04 bits per heavy atom. The van der Waals surface area contributed by atoms with E-state index < -0.39 is 40.8 Å². The van der Waals surface area contributed by atoms with Crippen molar-refractivity contribution in [1.29, 1.82) is 0 Å². The topological polar surface area (TPSA) is 135 Å². The van der Waals surface area contributed by atoms with Gasteiger partial charge in [-0.2, -0.15) is 18.3 Å². The average molecular weight is 674 g/mol. The summed E-state index contributed by atoms with van der Waals surface area (Å²) in [6.45, 7) is 4.73. The molecule has 1 aliphatic heterocycles. The fourth-order valence-corrected chi connectivity index (χ4v) is 5.42. The molecule has 0 bridgehead atoms. The van der Waals surface area contributed by atoms with Gasteiger partial charge in [0.25, 0.3) is 11.8 Å². The predicted octanol–water partition coefficient (Wildman–Crippen LogP) is 5.07. The molecule has 3 amide bonds. The number of nitrogens with one attached hydrogen (secondary N) is 2. The molecular weight excluding hydrogens is 639 g/mol. The zero-order valence-corrected chi connectivity index (χ0v) is 26.5. The van der Waals surface area contributed by atoms with Crippen LogP contribution in [0.25, 0.3) is 0 Å². The van der Waals surface area contributed by atoms with Gasteiger partial charge in [0.05, 0.1) is 40.3 Å². The minimum Gasteiger partial charge on any atom is -0.392 e. The molecule has 250 valence electrons. The molecule has 14 heteroatoms. The molecule has 0 saturated carbocycles. The highest BCUT2D eigenvalue weighted by Crippen LogP contribution is 2.35. The molecule has 1 aliphatic rings. The van der Waals surface area contributed by atoms with Gasteiger partial charge >= 0.3 is 6.18 Å². The second-order valence-electron chi connectivity index (χ2n) is 11.4. The van der Waals surface area contributed by atoms with Crippen LogP contribution in [0.1, 0.15) is 64.1 Å². The molecule has 0 aliphatic carbocycles. The van der Waals surface area contributed by atoms with Crippen molar-refractivity contribution in [2.45, 2.75) is 51.6 Å². The Morgan fingerprint density at radius 2 is 1.77 bits per heavy atom. The van der Waals surface area contributed by atoms with Crippen LogP contribution in [0.2, 0.25) is 5.02 Å². The van der Waals surface area contributed by atoms with Crippen molar-refractivity contribution in [2.24, 2.45) is 5.10 Å². The molecule has 4 rings (SSSR count). The first kappa shape index (κ1) is 35.6. The van der Waals surface area contributed by atoms with E-state index in [1.807, 2.05) is 11.0 Å². The van der Waals surface area contributed by atoms with Crippen LogP contribution in [0.3, 0.4) is 0 Å². The summed E-state index contributed by atoms with van der Waals surface area (Å²) in [5, 5.41) is 25.8. The summed E-state index contributed by atoms with van der Waals surface area (Å²) >= 11 is 5.68. The number of nitrogens with zero attached hydrogens (tertiary/aromatic N) is 3. The molecule has 1 fully saturated rings. The molecule has 4 N–H and O–H groups in total. The van der Waals surface area contributed by atoms with Crippen LogP contribution in [0, 0.1) is 0 Å². The van der Waals surface area contributed by atoms with Crippen LogP contribution in [0.4, 0.5) is 24.5 Å². The summed E-state index contributed by atoms with van der Waals surface area (Å²) in [7, 11) is 0. The molecule has 10 nitrogen and oxygen atoms in total. The minimum absolute atomic E-state index is 0.0315. The standard InChI is InChI=1S/C33H35ClF3N5O5/c1-20(43)17-41(18-21(2)44)19-23-5-3-6-24(13-23)31(46)39-29-11-9-25(42-12-4-7-30(42)45)15-26(29)32(47)40-38-16-22-8-10-28(34)27(14-22)33(35,36)37/h3,5-6,8-11,13-16,20-21,43-44H,4,7,12,17-19H2,1-2H3,(H,39,46)(H,40,47)/b38-16+. The average Bonchev–Trinajstić information content (AvgIpc) is 3.42. The third-order valence-corrected chi connectivity index (χ3v) is 7.53. The number of hydrogen-bond donors (Lipinski definition) is 4. The zero-order valence-electron chi connectivity index (χ0n) is 25.7. The second kappa shape index (κ2) is 15.5. The number of carbonyl (C=O) groups excluding carboxylic acids is 3. The number of hydrogen-bond acceptors (Lipinski definition) is 7. The number of rotatable bonds is 12. The number of benzene rings is 3. The van der Waals surface area contributed by atoms with Gasteiger partial charge in [-0.25, -0.2) is 5.43 Å². The smallest absolute Gasteiger partial charge is 0.392 e. The fourth-order valence-electron chi connectivity index (χ4n) is 5.20. The van der Waals surface area contributed by atoms with Crippen molar-refractivity contribution in [3.8, 4) is 0 Å². The predicted molar refractivity (Wildman–Crippen MR) is 173 cm³/mol. The first-order chi connectivity index (χ1) is 22.2. The number of aliphatic hydroxyl groups is 2. The van der Waals surface area contributed by atoms with E-state index >= 15 is 0 Å². The quantitative estimate of drug-likeness (QED) is 0.157. The maximum atomic E-state index is 13.4. The van der Waals surface area contributed by atoms with Gasteiger partial charge in [-0.1, -0.05) is 29.8 Å². The van der Waals surface area contributed by atoms with Crippen LogP contribution in [0.15, 0.2) is 65.8 Å². The normalized spacial score (nSPS) is 14.9. The lowest BCUT2D eigenvalue weighted by Crippen LogP contribution is -2.35. The summed E-state index contributed by atoms with van der Waals surface area (Å²) in [6, 6.07) is 14.5. The monoisotopic (exact) mass is 673 g/mol. The largest absolute Gasteiger partial charge is 0.417 e. The van der Waals surface area contributed by atoms with E-state index in [4.69, 9.17) is 11.6 Å². The summed E-state index contributed by atoms with van der Waals surface area (Å²) < 4.78 is 39.8. The van der Waals surface area contributed by atoms with E-state index in [2.05, 4.69) is 15.8 Å². The highest BCUT2D eigenvalue weighted by Gasteiger charge is 2.33. The zero-order chi connectivity index (χ0) is 34.3. The molecule has 3 aromatic rings. The summed E-state index contributed by atoms with van der Waals surface area (Å²) in [5.74, 6) is -1.44. The van der Waals surface area contributed by atoms with Crippen LogP contribution in [0.5, 0.6) is 0 Å². The van der Waals surface area contributed by atoms with Gasteiger partial charge in [-0.05, 0) is 73.9 Å². The second-order valence-corrected chi connectivity index (χ2v) is 11.8. The van der Waals surface area contributed by atoms with Crippen molar-refractivity contribution in [3.63, 3.8) is 0 Å². The fraction of sp³-hybridized carbons (Fsp3) is 0.333. The number of amides is 3. The molecule has 0 radical (unpaired) electrons. The lowest BCUT2D eigenvalue weighted by Gasteiger charge is -2.25. The Hall–Kier alpha value is -4.30. The number of aliphatic hydroxyl groups excluding tert-OH is 2. The number of halogens is 4. The Morgan fingerprint density at radius 3 is 2.40 bits per heavy atom. The third-order valence-electron chi connectivity index (χ3n) is 7.20. The number of anilines is 2. The van der Waals surface area contributed by atoms with Gasteiger partial charge in [0, 0.05) is 43.9 Å². The molecule has 47 heavy (non-hydrogen) atoms. The molecule has 2 atom stereocenters. The Kier molecular flexibility index (Phi) is 11.7. The van der Waals surface area contributed by atoms with Crippen molar-refractivity contribution in [1.82, 2.24) is 10.3 Å². The third kappa shape index (κ3) is 9.85. The van der Waals surface area contributed by atoms with E-state index in [9.17, 15) is 37.8 Å². The number of hydrazone groups is 1. The molecule has 1 heterocycles. The highest BCUT2D eigenvalue weighted by atomic mass is 35.5. The first-order valence-corrected chi connectivity index (χ1v) is 15.2. The molecule has 0 aromatic heterocycles. The van der Waals surface area contributed by atoms with Gasteiger partial charge in [0.2, 0.25) is 5.91 Å². The lowest BCUT2D eigenvalue weighted by molar-refractivity contribution is -0.137. The first-order valence-electron chi connectivity index (χ1n) is 14.8. The van der Waals surface area contributed by atoms with Crippen LogP contribution in [-0.2, 0) is 17.5 Å². The molecule has 3 aromatic carbocycles. The van der Waals surface area contributed by atoms with Crippen LogP contribution < -0.4 is 15.6 Å². The Balaban J connectivity index is 1.57. The maximum Gasteiger partial charge on any atom is 0.417 e. The van der Waals surface area contributed by atoms with E-state index in [1.54, 1.807) is 38.1 Å². The van der Waals surface area contributed by atoms with E-state index in [0.29, 0.717) is 44.7 Å². The van der Waals surface area contributed by atoms with Gasteiger partial charge < -0.3 is 20.4 Å². The van der Waals surface area contributed by atoms with E-state index in [0.717, 1.165) is 23.9 Å². The highest BCUT2D eigenvalue weighted by molar-refractivity contribution is 6.31. The molecule has 1 saturated heterocycles. The van der Waals surface area contributed by atoms with Crippen molar-refractivity contribution in [2.75, 3.05) is 29.9 Å².